The van der Waals surface area contributed by atoms with E-state index in [0.29, 0.717) is 18.7 Å². The van der Waals surface area contributed by atoms with Gasteiger partial charge in [0.15, 0.2) is 5.78 Å². The Labute approximate surface area is 110 Å². The molecule has 4 heteroatoms. The molecule has 1 N–H and O–H groups in total. The lowest BCUT2D eigenvalue weighted by molar-refractivity contribution is 0.0929. The van der Waals surface area contributed by atoms with Crippen molar-refractivity contribution in [1.29, 1.82) is 0 Å². The molecule has 0 radical (unpaired) electrons. The van der Waals surface area contributed by atoms with Gasteiger partial charge in [-0.3, -0.25) is 9.78 Å². The van der Waals surface area contributed by atoms with Crippen molar-refractivity contribution in [1.82, 2.24) is 9.97 Å². The molecular formula is C15H14N2O2. The minimum atomic E-state index is -0.000920. The summed E-state index contributed by atoms with van der Waals surface area (Å²) in [6.45, 7) is 0.414. The molecule has 3 aromatic rings. The zero-order chi connectivity index (χ0) is 13.2. The molecule has 0 amide bonds. The van der Waals surface area contributed by atoms with Gasteiger partial charge < -0.3 is 9.72 Å². The molecule has 0 atom stereocenters. The molecule has 0 aliphatic heterocycles. The summed E-state index contributed by atoms with van der Waals surface area (Å²) in [5.41, 5.74) is 2.32. The van der Waals surface area contributed by atoms with Crippen molar-refractivity contribution >= 4 is 27.6 Å². The predicted molar refractivity (Wildman–Crippen MR) is 74.4 cm³/mol. The van der Waals surface area contributed by atoms with Crippen molar-refractivity contribution in [2.75, 3.05) is 13.7 Å². The Morgan fingerprint density at radius 1 is 1.26 bits per heavy atom. The first-order valence-electron chi connectivity index (χ1n) is 6.19. The number of hydrogen-bond donors (Lipinski definition) is 1. The van der Waals surface area contributed by atoms with Gasteiger partial charge in [0.25, 0.3) is 0 Å². The van der Waals surface area contributed by atoms with E-state index in [-0.39, 0.29) is 5.78 Å². The number of methoxy groups -OCH3 is 1. The van der Waals surface area contributed by atoms with Crippen LogP contribution in [0.25, 0.3) is 21.8 Å². The Hall–Kier alpha value is -2.20. The lowest BCUT2D eigenvalue weighted by Crippen LogP contribution is -2.06. The summed E-state index contributed by atoms with van der Waals surface area (Å²) in [5, 5.41) is 2.15. The monoisotopic (exact) mass is 254 g/mol. The smallest absolute Gasteiger partial charge is 0.185 e. The van der Waals surface area contributed by atoms with Gasteiger partial charge in [0.1, 0.15) is 5.69 Å². The average molecular weight is 254 g/mol. The van der Waals surface area contributed by atoms with Gasteiger partial charge in [-0.15, -0.1) is 0 Å². The number of nitrogens with zero attached hydrogens (tertiary/aromatic N) is 1. The van der Waals surface area contributed by atoms with E-state index in [1.165, 1.54) is 0 Å². The van der Waals surface area contributed by atoms with Crippen LogP contribution in [-0.2, 0) is 4.74 Å². The molecule has 96 valence electrons. The lowest BCUT2D eigenvalue weighted by atomic mass is 10.1. The van der Waals surface area contributed by atoms with Crippen LogP contribution in [0.4, 0.5) is 0 Å². The van der Waals surface area contributed by atoms with Crippen LogP contribution in [0.5, 0.6) is 0 Å². The number of aromatic amines is 1. The normalized spacial score (nSPS) is 11.2. The Bertz CT molecular complexity index is 746. The molecule has 0 aliphatic rings. The molecule has 1 aromatic carbocycles. The third kappa shape index (κ3) is 2.00. The van der Waals surface area contributed by atoms with Crippen LogP contribution >= 0.6 is 0 Å². The third-order valence-corrected chi connectivity index (χ3v) is 3.23. The molecule has 3 rings (SSSR count). The zero-order valence-corrected chi connectivity index (χ0v) is 10.6. The van der Waals surface area contributed by atoms with E-state index in [1.54, 1.807) is 13.3 Å². The highest BCUT2D eigenvalue weighted by Gasteiger charge is 2.14. The number of carbonyl (C=O) groups is 1. The van der Waals surface area contributed by atoms with Crippen LogP contribution in [-0.4, -0.2) is 29.5 Å². The molecule has 0 unspecified atom stereocenters. The number of hydrogen-bond acceptors (Lipinski definition) is 3. The van der Waals surface area contributed by atoms with Crippen molar-refractivity contribution in [3.63, 3.8) is 0 Å². The van der Waals surface area contributed by atoms with Gasteiger partial charge in [0.2, 0.25) is 0 Å². The molecule has 0 saturated carbocycles. The number of rotatable bonds is 4. The van der Waals surface area contributed by atoms with Crippen molar-refractivity contribution < 1.29 is 9.53 Å². The van der Waals surface area contributed by atoms with Gasteiger partial charge in [-0.05, 0) is 12.1 Å². The molecule has 2 heterocycles. The number of fused-ring (bicyclic) bond motifs is 3. The van der Waals surface area contributed by atoms with E-state index >= 15 is 0 Å². The molecule has 0 bridgehead atoms. The summed E-state index contributed by atoms with van der Waals surface area (Å²) < 4.78 is 4.95. The summed E-state index contributed by atoms with van der Waals surface area (Å²) in [7, 11) is 1.59. The topological polar surface area (TPSA) is 55.0 Å². The van der Waals surface area contributed by atoms with E-state index < -0.39 is 0 Å². The molecule has 0 aliphatic carbocycles. The second-order valence-corrected chi connectivity index (χ2v) is 4.42. The summed E-state index contributed by atoms with van der Waals surface area (Å²) in [6, 6.07) is 9.93. The van der Waals surface area contributed by atoms with Gasteiger partial charge in [-0.25, -0.2) is 0 Å². The van der Waals surface area contributed by atoms with Gasteiger partial charge in [-0.1, -0.05) is 18.2 Å². The molecule has 4 nitrogen and oxygen atoms in total. The maximum absolute atomic E-state index is 12.1. The lowest BCUT2D eigenvalue weighted by Gasteiger charge is -2.01. The predicted octanol–water partition coefficient (Wildman–Crippen LogP) is 2.94. The van der Waals surface area contributed by atoms with E-state index in [9.17, 15) is 4.79 Å². The van der Waals surface area contributed by atoms with Crippen molar-refractivity contribution in [3.8, 4) is 0 Å². The Balaban J connectivity index is 2.18. The summed E-state index contributed by atoms with van der Waals surface area (Å²) in [4.78, 5) is 19.6. The second kappa shape index (κ2) is 4.82. The number of nitrogens with one attached hydrogen (secondary N) is 1. The Morgan fingerprint density at radius 3 is 2.95 bits per heavy atom. The van der Waals surface area contributed by atoms with Gasteiger partial charge in [0.05, 0.1) is 12.1 Å². The minimum absolute atomic E-state index is 0.000920. The number of H-pyrrole nitrogens is 1. The van der Waals surface area contributed by atoms with Gasteiger partial charge in [-0.2, -0.15) is 0 Å². The molecule has 0 saturated heterocycles. The molecule has 0 spiro atoms. The van der Waals surface area contributed by atoms with Crippen LogP contribution in [0.3, 0.4) is 0 Å². The van der Waals surface area contributed by atoms with Crippen LogP contribution in [0.15, 0.2) is 36.5 Å². The highest BCUT2D eigenvalue weighted by atomic mass is 16.5. The second-order valence-electron chi connectivity index (χ2n) is 4.42. The Morgan fingerprint density at radius 2 is 2.11 bits per heavy atom. The van der Waals surface area contributed by atoms with Crippen molar-refractivity contribution in [3.05, 3.63) is 42.2 Å². The van der Waals surface area contributed by atoms with E-state index in [2.05, 4.69) is 9.97 Å². The molecule has 2 aromatic heterocycles. The standard InChI is InChI=1S/C15H14N2O2/c1-19-9-7-13(18)15-14-11(6-8-16-15)10-4-2-3-5-12(10)17-14/h2-6,8,17H,7,9H2,1H3. The third-order valence-electron chi connectivity index (χ3n) is 3.23. The number of ether oxygens (including phenoxy) is 1. The number of para-hydroxylation sites is 1. The minimum Gasteiger partial charge on any atom is -0.384 e. The fourth-order valence-electron chi connectivity index (χ4n) is 2.30. The number of aromatic nitrogens is 2. The Kier molecular flexibility index (Phi) is 3.01. The highest BCUT2D eigenvalue weighted by molar-refractivity contribution is 6.14. The van der Waals surface area contributed by atoms with Crippen molar-refractivity contribution in [2.24, 2.45) is 0 Å². The first-order chi connectivity index (χ1) is 9.31. The average Bonchev–Trinajstić information content (AvgIpc) is 2.83. The number of pyridine rings is 1. The van der Waals surface area contributed by atoms with Gasteiger partial charge >= 0.3 is 0 Å². The quantitative estimate of drug-likeness (QED) is 0.728. The number of Topliss-reactive ketones (excluding diaryl/α,β-unsaturated/α-hetero) is 1. The first-order valence-corrected chi connectivity index (χ1v) is 6.19. The van der Waals surface area contributed by atoms with Crippen molar-refractivity contribution in [2.45, 2.75) is 6.42 Å². The zero-order valence-electron chi connectivity index (χ0n) is 10.6. The van der Waals surface area contributed by atoms with Gasteiger partial charge in [0, 0.05) is 36.0 Å². The van der Waals surface area contributed by atoms with E-state index in [0.717, 1.165) is 21.8 Å². The molecule has 19 heavy (non-hydrogen) atoms. The fraction of sp³-hybridized carbons (Fsp3) is 0.200. The highest BCUT2D eigenvalue weighted by Crippen LogP contribution is 2.26. The van der Waals surface area contributed by atoms with E-state index in [4.69, 9.17) is 4.74 Å². The summed E-state index contributed by atoms with van der Waals surface area (Å²) >= 11 is 0. The SMILES string of the molecule is COCCC(=O)c1nccc2c1[nH]c1ccccc12. The fourth-order valence-corrected chi connectivity index (χ4v) is 2.30. The van der Waals surface area contributed by atoms with Crippen LogP contribution in [0.2, 0.25) is 0 Å². The maximum atomic E-state index is 12.1. The number of carbonyl (C=O) groups excluding carboxylic acids is 1. The maximum Gasteiger partial charge on any atom is 0.185 e. The van der Waals surface area contributed by atoms with Crippen LogP contribution < -0.4 is 0 Å². The molecule has 0 fully saturated rings. The summed E-state index contributed by atoms with van der Waals surface area (Å²) in [5.74, 6) is -0.000920. The van der Waals surface area contributed by atoms with Crippen LogP contribution in [0, 0.1) is 0 Å². The molecular weight excluding hydrogens is 240 g/mol. The summed E-state index contributed by atoms with van der Waals surface area (Å²) in [6.07, 6.45) is 2.03. The number of benzene rings is 1. The van der Waals surface area contributed by atoms with E-state index in [1.807, 2.05) is 30.3 Å². The van der Waals surface area contributed by atoms with Crippen LogP contribution in [0.1, 0.15) is 16.9 Å². The first kappa shape index (κ1) is 11.9. The largest absolute Gasteiger partial charge is 0.384 e. The number of ketones is 1.